The average molecular weight is 394 g/mol. The first-order chi connectivity index (χ1) is 12.6. The predicted octanol–water partition coefficient (Wildman–Crippen LogP) is 4.58. The third kappa shape index (κ3) is 5.37. The molecule has 1 amide bonds. The molecule has 0 radical (unpaired) electrons. The van der Waals surface area contributed by atoms with Crippen molar-refractivity contribution in [2.45, 2.75) is 25.6 Å². The lowest BCUT2D eigenvalue weighted by atomic mass is 10.1. The minimum Gasteiger partial charge on any atom is -0.484 e. The maximum atomic E-state index is 12.4. The Kier molecular flexibility index (Phi) is 6.78. The summed E-state index contributed by atoms with van der Waals surface area (Å²) in [7, 11) is 0. The van der Waals surface area contributed by atoms with Crippen LogP contribution in [0.1, 0.15) is 18.4 Å². The number of likely N-dealkylation sites (tertiary alicyclic amines) is 1. The zero-order chi connectivity index (χ0) is 18.4. The molecule has 138 valence electrons. The molecule has 0 N–H and O–H groups in total. The van der Waals surface area contributed by atoms with E-state index in [0.29, 0.717) is 28.9 Å². The fraction of sp³-hybridized carbons (Fsp3) is 0.350. The number of amides is 1. The molecule has 1 fully saturated rings. The second-order valence-electron chi connectivity index (χ2n) is 6.25. The number of benzene rings is 2. The molecule has 1 aliphatic rings. The zero-order valence-corrected chi connectivity index (χ0v) is 15.9. The van der Waals surface area contributed by atoms with Crippen LogP contribution in [0.15, 0.2) is 48.5 Å². The van der Waals surface area contributed by atoms with Gasteiger partial charge in [0.2, 0.25) is 0 Å². The molecule has 0 saturated carbocycles. The van der Waals surface area contributed by atoms with E-state index in [4.69, 9.17) is 32.7 Å². The lowest BCUT2D eigenvalue weighted by Gasteiger charge is -2.32. The fourth-order valence-corrected chi connectivity index (χ4v) is 3.21. The third-order valence-electron chi connectivity index (χ3n) is 4.34. The summed E-state index contributed by atoms with van der Waals surface area (Å²) in [5.41, 5.74) is 0.962. The number of halogens is 2. The van der Waals surface area contributed by atoms with Gasteiger partial charge in [-0.2, -0.15) is 0 Å². The monoisotopic (exact) mass is 393 g/mol. The topological polar surface area (TPSA) is 38.8 Å². The van der Waals surface area contributed by atoms with Crippen molar-refractivity contribution in [2.75, 3.05) is 19.7 Å². The van der Waals surface area contributed by atoms with Gasteiger partial charge >= 0.3 is 0 Å². The van der Waals surface area contributed by atoms with Gasteiger partial charge < -0.3 is 14.4 Å². The molecule has 26 heavy (non-hydrogen) atoms. The molecule has 0 aromatic heterocycles. The molecule has 6 heteroatoms. The van der Waals surface area contributed by atoms with E-state index in [2.05, 4.69) is 0 Å². The summed E-state index contributed by atoms with van der Waals surface area (Å²) in [5.74, 6) is 0.595. The van der Waals surface area contributed by atoms with Crippen molar-refractivity contribution < 1.29 is 14.3 Å². The van der Waals surface area contributed by atoms with Crippen molar-refractivity contribution in [1.82, 2.24) is 4.90 Å². The van der Waals surface area contributed by atoms with Crippen molar-refractivity contribution in [1.29, 1.82) is 0 Å². The molecular weight excluding hydrogens is 373 g/mol. The van der Waals surface area contributed by atoms with Crippen LogP contribution in [0.3, 0.4) is 0 Å². The lowest BCUT2D eigenvalue weighted by Crippen LogP contribution is -2.45. The molecule has 2 aromatic rings. The number of carbonyl (C=O) groups is 1. The fourth-order valence-electron chi connectivity index (χ4n) is 2.89. The van der Waals surface area contributed by atoms with Gasteiger partial charge in [0.05, 0.1) is 12.7 Å². The first kappa shape index (κ1) is 19.0. The van der Waals surface area contributed by atoms with Crippen LogP contribution in [0.25, 0.3) is 0 Å². The Morgan fingerprint density at radius 1 is 1.12 bits per heavy atom. The Balaban J connectivity index is 1.47. The van der Waals surface area contributed by atoms with Crippen LogP contribution in [0.4, 0.5) is 0 Å². The summed E-state index contributed by atoms with van der Waals surface area (Å²) < 4.78 is 11.5. The molecule has 1 saturated heterocycles. The smallest absolute Gasteiger partial charge is 0.260 e. The van der Waals surface area contributed by atoms with E-state index >= 15 is 0 Å². The Morgan fingerprint density at radius 2 is 1.88 bits per heavy atom. The van der Waals surface area contributed by atoms with E-state index < -0.39 is 0 Å². The normalized spacial score (nSPS) is 17.2. The summed E-state index contributed by atoms with van der Waals surface area (Å²) in [6, 6.07) is 14.6. The standard InChI is InChI=1S/C20H21Cl2NO3/c21-16-7-9-17(10-8-16)26-14-20(24)23-11-3-5-18(12-23)25-13-15-4-1-2-6-19(15)22/h1-2,4,6-10,18H,3,5,11-14H2. The lowest BCUT2D eigenvalue weighted by molar-refractivity contribution is -0.137. The van der Waals surface area contributed by atoms with Crippen LogP contribution in [0.2, 0.25) is 10.0 Å². The molecule has 0 bridgehead atoms. The minimum absolute atomic E-state index is 0.0128. The first-order valence-corrected chi connectivity index (χ1v) is 9.38. The number of nitrogens with zero attached hydrogens (tertiary/aromatic N) is 1. The number of hydrogen-bond donors (Lipinski definition) is 0. The Bertz CT molecular complexity index is 736. The van der Waals surface area contributed by atoms with E-state index in [9.17, 15) is 4.79 Å². The highest BCUT2D eigenvalue weighted by atomic mass is 35.5. The number of rotatable bonds is 6. The first-order valence-electron chi connectivity index (χ1n) is 8.63. The van der Waals surface area contributed by atoms with Gasteiger partial charge in [-0.25, -0.2) is 0 Å². The molecule has 0 spiro atoms. The van der Waals surface area contributed by atoms with E-state index in [1.807, 2.05) is 24.3 Å². The van der Waals surface area contributed by atoms with Crippen LogP contribution in [-0.2, 0) is 16.1 Å². The van der Waals surface area contributed by atoms with Crippen LogP contribution >= 0.6 is 23.2 Å². The molecule has 3 rings (SSSR count). The molecule has 1 aliphatic heterocycles. The van der Waals surface area contributed by atoms with Crippen LogP contribution in [0, 0.1) is 0 Å². The van der Waals surface area contributed by atoms with Gasteiger partial charge in [-0.05, 0) is 48.7 Å². The molecular formula is C20H21Cl2NO3. The average Bonchev–Trinajstić information content (AvgIpc) is 2.67. The highest BCUT2D eigenvalue weighted by Gasteiger charge is 2.24. The Labute approximate surface area is 163 Å². The highest BCUT2D eigenvalue weighted by Crippen LogP contribution is 2.20. The van der Waals surface area contributed by atoms with Crippen molar-refractivity contribution in [3.8, 4) is 5.75 Å². The van der Waals surface area contributed by atoms with Crippen molar-refractivity contribution in [2.24, 2.45) is 0 Å². The van der Waals surface area contributed by atoms with Crippen LogP contribution in [0.5, 0.6) is 5.75 Å². The van der Waals surface area contributed by atoms with Gasteiger partial charge in [-0.3, -0.25) is 4.79 Å². The van der Waals surface area contributed by atoms with E-state index in [-0.39, 0.29) is 18.6 Å². The number of ether oxygens (including phenoxy) is 2. The Morgan fingerprint density at radius 3 is 2.65 bits per heavy atom. The third-order valence-corrected chi connectivity index (χ3v) is 4.96. The van der Waals surface area contributed by atoms with Gasteiger partial charge in [0.25, 0.3) is 5.91 Å². The van der Waals surface area contributed by atoms with Crippen molar-refractivity contribution >= 4 is 29.1 Å². The van der Waals surface area contributed by atoms with E-state index in [0.717, 1.165) is 24.9 Å². The van der Waals surface area contributed by atoms with Crippen molar-refractivity contribution in [3.63, 3.8) is 0 Å². The second kappa shape index (κ2) is 9.26. The van der Waals surface area contributed by atoms with E-state index in [1.165, 1.54) is 0 Å². The van der Waals surface area contributed by atoms with Gasteiger partial charge in [-0.1, -0.05) is 41.4 Å². The quantitative estimate of drug-likeness (QED) is 0.720. The molecule has 1 heterocycles. The summed E-state index contributed by atoms with van der Waals surface area (Å²) in [5, 5.41) is 1.34. The van der Waals surface area contributed by atoms with Crippen molar-refractivity contribution in [3.05, 3.63) is 64.1 Å². The Hall–Kier alpha value is -1.75. The summed E-state index contributed by atoms with van der Waals surface area (Å²) in [4.78, 5) is 14.2. The number of carbonyl (C=O) groups excluding carboxylic acids is 1. The highest BCUT2D eigenvalue weighted by molar-refractivity contribution is 6.31. The maximum absolute atomic E-state index is 12.4. The summed E-state index contributed by atoms with van der Waals surface area (Å²) in [6.45, 7) is 1.77. The van der Waals surface area contributed by atoms with Crippen LogP contribution in [-0.4, -0.2) is 36.6 Å². The maximum Gasteiger partial charge on any atom is 0.260 e. The van der Waals surface area contributed by atoms with Gasteiger partial charge in [-0.15, -0.1) is 0 Å². The molecule has 0 aliphatic carbocycles. The zero-order valence-electron chi connectivity index (χ0n) is 14.4. The van der Waals surface area contributed by atoms with Gasteiger partial charge in [0.15, 0.2) is 6.61 Å². The molecule has 4 nitrogen and oxygen atoms in total. The van der Waals surface area contributed by atoms with Gasteiger partial charge in [0, 0.05) is 23.1 Å². The van der Waals surface area contributed by atoms with E-state index in [1.54, 1.807) is 29.2 Å². The van der Waals surface area contributed by atoms with Gasteiger partial charge in [0.1, 0.15) is 5.75 Å². The number of piperidine rings is 1. The molecule has 2 aromatic carbocycles. The minimum atomic E-state index is -0.0361. The molecule has 1 unspecified atom stereocenters. The SMILES string of the molecule is O=C(COc1ccc(Cl)cc1)N1CCCC(OCc2ccccc2Cl)C1. The largest absolute Gasteiger partial charge is 0.484 e. The molecule has 1 atom stereocenters. The van der Waals surface area contributed by atoms with Crippen LogP contribution < -0.4 is 4.74 Å². The number of hydrogen-bond acceptors (Lipinski definition) is 3. The predicted molar refractivity (Wildman–Crippen MR) is 103 cm³/mol. The second-order valence-corrected chi connectivity index (χ2v) is 7.09. The summed E-state index contributed by atoms with van der Waals surface area (Å²) >= 11 is 12.0. The summed E-state index contributed by atoms with van der Waals surface area (Å²) in [6.07, 6.45) is 1.87.